The van der Waals surface area contributed by atoms with Gasteiger partial charge in [-0.2, -0.15) is 0 Å². The van der Waals surface area contributed by atoms with Gasteiger partial charge in [0.15, 0.2) is 0 Å². The summed E-state index contributed by atoms with van der Waals surface area (Å²) < 4.78 is 0. The van der Waals surface area contributed by atoms with Crippen molar-refractivity contribution in [1.29, 1.82) is 0 Å². The van der Waals surface area contributed by atoms with Crippen molar-refractivity contribution in [1.82, 2.24) is 5.32 Å². The molecule has 1 aliphatic carbocycles. The molecule has 0 radical (unpaired) electrons. The molecule has 0 unspecified atom stereocenters. The second-order valence-corrected chi connectivity index (χ2v) is 5.34. The van der Waals surface area contributed by atoms with E-state index < -0.39 is 0 Å². The smallest absolute Gasteiger partial charge is 0.00802 e. The lowest BCUT2D eigenvalue weighted by molar-refractivity contribution is 0.419. The zero-order valence-corrected chi connectivity index (χ0v) is 10.8. The molecule has 0 amide bonds. The summed E-state index contributed by atoms with van der Waals surface area (Å²) in [5.41, 5.74) is 4.83. The minimum Gasteiger partial charge on any atom is -0.319 e. The highest BCUT2D eigenvalue weighted by Gasteiger charge is 2.35. The van der Waals surface area contributed by atoms with Crippen LogP contribution < -0.4 is 5.32 Å². The lowest BCUT2D eigenvalue weighted by Gasteiger charge is -2.31. The van der Waals surface area contributed by atoms with Crippen molar-refractivity contribution in [3.05, 3.63) is 34.9 Å². The third-order valence-corrected chi connectivity index (χ3v) is 4.03. The van der Waals surface area contributed by atoms with Gasteiger partial charge in [-0.1, -0.05) is 36.6 Å². The Bertz CT molecular complexity index is 362. The Morgan fingerprint density at radius 1 is 1.19 bits per heavy atom. The average Bonchev–Trinajstić information content (AvgIpc) is 2.67. The Morgan fingerprint density at radius 3 is 2.44 bits per heavy atom. The molecule has 16 heavy (non-hydrogen) atoms. The van der Waals surface area contributed by atoms with Crippen LogP contribution in [0.25, 0.3) is 0 Å². The second kappa shape index (κ2) is 4.58. The largest absolute Gasteiger partial charge is 0.319 e. The van der Waals surface area contributed by atoms with Crippen LogP contribution in [0.3, 0.4) is 0 Å². The molecule has 1 fully saturated rings. The number of likely N-dealkylation sites (N-methyl/N-ethyl adjacent to an activating group) is 1. The van der Waals surface area contributed by atoms with Crippen molar-refractivity contribution in [3.63, 3.8) is 0 Å². The number of rotatable bonds is 3. The zero-order chi connectivity index (χ0) is 11.6. The van der Waals surface area contributed by atoms with E-state index in [2.05, 4.69) is 44.4 Å². The molecule has 0 bridgehead atoms. The molecule has 0 aliphatic heterocycles. The highest BCUT2D eigenvalue weighted by molar-refractivity contribution is 5.37. The van der Waals surface area contributed by atoms with E-state index in [1.807, 2.05) is 0 Å². The maximum atomic E-state index is 3.39. The van der Waals surface area contributed by atoms with Crippen molar-refractivity contribution in [2.45, 2.75) is 44.9 Å². The third-order valence-electron chi connectivity index (χ3n) is 4.03. The molecular formula is C15H23N. The van der Waals surface area contributed by atoms with E-state index in [0.29, 0.717) is 5.41 Å². The summed E-state index contributed by atoms with van der Waals surface area (Å²) in [5, 5.41) is 3.39. The van der Waals surface area contributed by atoms with Gasteiger partial charge in [-0.15, -0.1) is 0 Å². The predicted molar refractivity (Wildman–Crippen MR) is 70.0 cm³/mol. The van der Waals surface area contributed by atoms with E-state index in [-0.39, 0.29) is 0 Å². The molecule has 0 saturated heterocycles. The van der Waals surface area contributed by atoms with E-state index in [1.54, 1.807) is 5.56 Å². The summed E-state index contributed by atoms with van der Waals surface area (Å²) in [6.45, 7) is 5.56. The SMILES string of the molecule is CNCC1(c2ccc(C)cc2C)CCCC1. The van der Waals surface area contributed by atoms with Crippen molar-refractivity contribution >= 4 is 0 Å². The van der Waals surface area contributed by atoms with E-state index in [4.69, 9.17) is 0 Å². The Balaban J connectivity index is 2.38. The number of benzene rings is 1. The standard InChI is InChI=1S/C15H23N/c1-12-6-7-14(13(2)10-12)15(11-16-3)8-4-5-9-15/h6-7,10,16H,4-5,8-9,11H2,1-3H3. The summed E-state index contributed by atoms with van der Waals surface area (Å²) in [6.07, 6.45) is 5.46. The number of hydrogen-bond donors (Lipinski definition) is 1. The van der Waals surface area contributed by atoms with E-state index in [9.17, 15) is 0 Å². The Hall–Kier alpha value is -0.820. The normalized spacial score (nSPS) is 18.9. The first-order chi connectivity index (χ1) is 7.68. The Labute approximate surface area is 99.3 Å². The molecule has 0 atom stereocenters. The minimum absolute atomic E-state index is 0.409. The van der Waals surface area contributed by atoms with Gasteiger partial charge in [0.05, 0.1) is 0 Å². The predicted octanol–water partition coefficient (Wildman–Crippen LogP) is 3.33. The quantitative estimate of drug-likeness (QED) is 0.819. The van der Waals surface area contributed by atoms with E-state index in [0.717, 1.165) is 6.54 Å². The molecule has 1 nitrogen and oxygen atoms in total. The van der Waals surface area contributed by atoms with Crippen molar-refractivity contribution in [2.75, 3.05) is 13.6 Å². The molecule has 0 spiro atoms. The van der Waals surface area contributed by atoms with Gasteiger partial charge in [0.1, 0.15) is 0 Å². The van der Waals surface area contributed by atoms with Crippen LogP contribution in [0.15, 0.2) is 18.2 Å². The van der Waals surface area contributed by atoms with Crippen molar-refractivity contribution < 1.29 is 0 Å². The number of aryl methyl sites for hydroxylation is 2. The zero-order valence-electron chi connectivity index (χ0n) is 10.8. The maximum absolute atomic E-state index is 3.39. The highest BCUT2D eigenvalue weighted by Crippen LogP contribution is 2.42. The fourth-order valence-corrected chi connectivity index (χ4v) is 3.34. The van der Waals surface area contributed by atoms with Crippen LogP contribution in [-0.4, -0.2) is 13.6 Å². The van der Waals surface area contributed by atoms with E-state index >= 15 is 0 Å². The van der Waals surface area contributed by atoms with Gasteiger partial charge in [0.2, 0.25) is 0 Å². The lowest BCUT2D eigenvalue weighted by Crippen LogP contribution is -2.34. The molecule has 0 aromatic heterocycles. The van der Waals surface area contributed by atoms with Crippen LogP contribution >= 0.6 is 0 Å². The van der Waals surface area contributed by atoms with Crippen molar-refractivity contribution in [3.8, 4) is 0 Å². The van der Waals surface area contributed by atoms with Gasteiger partial charge < -0.3 is 5.32 Å². The monoisotopic (exact) mass is 217 g/mol. The van der Waals surface area contributed by atoms with Crippen molar-refractivity contribution in [2.24, 2.45) is 0 Å². The summed E-state index contributed by atoms with van der Waals surface area (Å²) in [5.74, 6) is 0. The third kappa shape index (κ3) is 2.01. The maximum Gasteiger partial charge on any atom is 0.00802 e. The molecule has 1 heteroatoms. The van der Waals surface area contributed by atoms with Crippen LogP contribution in [0.1, 0.15) is 42.4 Å². The van der Waals surface area contributed by atoms with Crippen LogP contribution in [0.4, 0.5) is 0 Å². The van der Waals surface area contributed by atoms with Crippen LogP contribution in [-0.2, 0) is 5.41 Å². The first-order valence-electron chi connectivity index (χ1n) is 6.40. The van der Waals surface area contributed by atoms with Gasteiger partial charge in [-0.05, 0) is 44.9 Å². The van der Waals surface area contributed by atoms with Crippen LogP contribution in [0.5, 0.6) is 0 Å². The fourth-order valence-electron chi connectivity index (χ4n) is 3.34. The molecule has 1 aromatic carbocycles. The topological polar surface area (TPSA) is 12.0 Å². The molecular weight excluding hydrogens is 194 g/mol. The molecule has 1 aliphatic rings. The lowest BCUT2D eigenvalue weighted by atomic mass is 9.76. The first kappa shape index (κ1) is 11.7. The molecule has 1 aromatic rings. The second-order valence-electron chi connectivity index (χ2n) is 5.34. The summed E-state index contributed by atoms with van der Waals surface area (Å²) in [4.78, 5) is 0. The van der Waals surface area contributed by atoms with Crippen LogP contribution in [0.2, 0.25) is 0 Å². The molecule has 1 saturated carbocycles. The van der Waals surface area contributed by atoms with Gasteiger partial charge >= 0.3 is 0 Å². The van der Waals surface area contributed by atoms with E-state index in [1.165, 1.54) is 36.8 Å². The summed E-state index contributed by atoms with van der Waals surface area (Å²) in [6, 6.07) is 6.94. The molecule has 2 rings (SSSR count). The number of hydrogen-bond acceptors (Lipinski definition) is 1. The van der Waals surface area contributed by atoms with Gasteiger partial charge in [0, 0.05) is 12.0 Å². The Morgan fingerprint density at radius 2 is 1.88 bits per heavy atom. The minimum atomic E-state index is 0.409. The molecule has 0 heterocycles. The molecule has 88 valence electrons. The number of nitrogens with one attached hydrogen (secondary N) is 1. The van der Waals surface area contributed by atoms with Crippen LogP contribution in [0, 0.1) is 13.8 Å². The average molecular weight is 217 g/mol. The van der Waals surface area contributed by atoms with Gasteiger partial charge in [-0.3, -0.25) is 0 Å². The highest BCUT2D eigenvalue weighted by atomic mass is 14.8. The first-order valence-corrected chi connectivity index (χ1v) is 6.40. The summed E-state index contributed by atoms with van der Waals surface area (Å²) >= 11 is 0. The molecule has 1 N–H and O–H groups in total. The summed E-state index contributed by atoms with van der Waals surface area (Å²) in [7, 11) is 2.07. The van der Waals surface area contributed by atoms with Gasteiger partial charge in [-0.25, -0.2) is 0 Å². The van der Waals surface area contributed by atoms with Gasteiger partial charge in [0.25, 0.3) is 0 Å². The Kier molecular flexibility index (Phi) is 3.34. The fraction of sp³-hybridized carbons (Fsp3) is 0.600.